The molecule has 1 aromatic carbocycles. The van der Waals surface area contributed by atoms with Gasteiger partial charge < -0.3 is 9.47 Å². The van der Waals surface area contributed by atoms with E-state index in [1.807, 2.05) is 18.2 Å². The van der Waals surface area contributed by atoms with E-state index in [4.69, 9.17) is 9.47 Å². The molecule has 0 amide bonds. The summed E-state index contributed by atoms with van der Waals surface area (Å²) in [7, 11) is 0. The number of ether oxygens (including phenoxy) is 2. The first kappa shape index (κ1) is 18.6. The highest BCUT2D eigenvalue weighted by atomic mass is 16.7. The molecule has 2 aliphatic rings. The van der Waals surface area contributed by atoms with E-state index in [1.165, 1.54) is 0 Å². The zero-order valence-corrected chi connectivity index (χ0v) is 15.8. The molecule has 1 unspecified atom stereocenters. The third-order valence-corrected chi connectivity index (χ3v) is 5.94. The predicted molar refractivity (Wildman–Crippen MR) is 99.1 cm³/mol. The van der Waals surface area contributed by atoms with Crippen LogP contribution in [0.5, 0.6) is 0 Å². The number of hydrogen-bond donors (Lipinski definition) is 0. The Kier molecular flexibility index (Phi) is 6.29. The van der Waals surface area contributed by atoms with Gasteiger partial charge in [0.1, 0.15) is 5.78 Å². The van der Waals surface area contributed by atoms with Crippen molar-refractivity contribution in [3.8, 4) is 0 Å². The van der Waals surface area contributed by atoms with Gasteiger partial charge >= 0.3 is 0 Å². The maximum absolute atomic E-state index is 13.3. The zero-order valence-electron chi connectivity index (χ0n) is 15.8. The Bertz CT molecular complexity index is 548. The molecule has 1 saturated heterocycles. The van der Waals surface area contributed by atoms with Crippen molar-refractivity contribution in [3.05, 3.63) is 35.9 Å². The summed E-state index contributed by atoms with van der Waals surface area (Å²) in [5, 5.41) is 0. The molecule has 1 heterocycles. The highest BCUT2D eigenvalue weighted by molar-refractivity contribution is 5.85. The molecule has 138 valence electrons. The molecule has 0 aromatic heterocycles. The van der Waals surface area contributed by atoms with Crippen LogP contribution in [-0.2, 0) is 14.3 Å². The average Bonchev–Trinajstić information content (AvgIpc) is 2.62. The van der Waals surface area contributed by atoms with Crippen LogP contribution in [0.2, 0.25) is 0 Å². The number of benzene rings is 1. The fourth-order valence-electron chi connectivity index (χ4n) is 4.40. The van der Waals surface area contributed by atoms with Crippen molar-refractivity contribution in [2.24, 2.45) is 23.7 Å². The van der Waals surface area contributed by atoms with E-state index in [-0.39, 0.29) is 24.2 Å². The molecule has 5 atom stereocenters. The third-order valence-electron chi connectivity index (χ3n) is 5.94. The van der Waals surface area contributed by atoms with Crippen molar-refractivity contribution >= 4 is 5.78 Å². The topological polar surface area (TPSA) is 35.5 Å². The molecule has 0 radical (unpaired) electrons. The Morgan fingerprint density at radius 2 is 1.84 bits per heavy atom. The van der Waals surface area contributed by atoms with Crippen LogP contribution in [0.4, 0.5) is 0 Å². The third kappa shape index (κ3) is 4.32. The Morgan fingerprint density at radius 3 is 2.48 bits per heavy atom. The summed E-state index contributed by atoms with van der Waals surface area (Å²) >= 11 is 0. The quantitative estimate of drug-likeness (QED) is 0.740. The number of carbonyl (C=O) groups excluding carboxylic acids is 1. The van der Waals surface area contributed by atoms with E-state index in [9.17, 15) is 4.79 Å². The van der Waals surface area contributed by atoms with E-state index in [0.717, 1.165) is 44.3 Å². The number of rotatable bonds is 5. The van der Waals surface area contributed by atoms with E-state index in [0.29, 0.717) is 17.6 Å². The molecule has 1 aromatic rings. The van der Waals surface area contributed by atoms with Crippen LogP contribution in [0.1, 0.15) is 64.5 Å². The van der Waals surface area contributed by atoms with Crippen molar-refractivity contribution in [2.45, 2.75) is 65.3 Å². The average molecular weight is 344 g/mol. The first-order valence-electron chi connectivity index (χ1n) is 9.93. The van der Waals surface area contributed by atoms with Crippen molar-refractivity contribution in [1.29, 1.82) is 0 Å². The first-order chi connectivity index (χ1) is 12.1. The van der Waals surface area contributed by atoms with Gasteiger partial charge in [-0.1, -0.05) is 51.1 Å². The van der Waals surface area contributed by atoms with Gasteiger partial charge in [-0.2, -0.15) is 0 Å². The second kappa shape index (κ2) is 8.46. The molecule has 1 aliphatic carbocycles. The van der Waals surface area contributed by atoms with Crippen LogP contribution < -0.4 is 0 Å². The summed E-state index contributed by atoms with van der Waals surface area (Å²) in [6.45, 7) is 7.30. The van der Waals surface area contributed by atoms with Crippen LogP contribution in [0.3, 0.4) is 0 Å². The van der Waals surface area contributed by atoms with Gasteiger partial charge in [0, 0.05) is 12.5 Å². The Morgan fingerprint density at radius 1 is 1.08 bits per heavy atom. The van der Waals surface area contributed by atoms with E-state index in [1.54, 1.807) is 0 Å². The number of hydrogen-bond acceptors (Lipinski definition) is 3. The lowest BCUT2D eigenvalue weighted by Crippen LogP contribution is -2.41. The minimum atomic E-state index is -0.201. The summed E-state index contributed by atoms with van der Waals surface area (Å²) < 4.78 is 12.3. The standard InChI is InChI=1S/C22H32O3/c1-15(2)18-13-12-16(3)20(21(18)23)22(17-9-5-4-6-10-17)25-19-11-7-8-14-24-19/h4-6,9-10,15-16,18-20,22H,7-8,11-14H2,1-3H3/t16-,18-,19?,20+,22-/m1/s1. The Labute approximate surface area is 152 Å². The highest BCUT2D eigenvalue weighted by Crippen LogP contribution is 2.43. The molecule has 25 heavy (non-hydrogen) atoms. The van der Waals surface area contributed by atoms with Crippen LogP contribution in [0.15, 0.2) is 30.3 Å². The van der Waals surface area contributed by atoms with Gasteiger partial charge in [-0.25, -0.2) is 0 Å². The van der Waals surface area contributed by atoms with E-state index >= 15 is 0 Å². The van der Waals surface area contributed by atoms with Crippen LogP contribution in [0, 0.1) is 23.7 Å². The lowest BCUT2D eigenvalue weighted by atomic mass is 9.67. The SMILES string of the molecule is CC(C)[C@H]1CC[C@@H](C)[C@H]([C@H](OC2CCCCO2)c2ccccc2)C1=O. The van der Waals surface area contributed by atoms with Crippen molar-refractivity contribution in [2.75, 3.05) is 6.61 Å². The first-order valence-corrected chi connectivity index (χ1v) is 9.93. The van der Waals surface area contributed by atoms with Gasteiger partial charge in [0.25, 0.3) is 0 Å². The van der Waals surface area contributed by atoms with Gasteiger partial charge in [0.2, 0.25) is 0 Å². The van der Waals surface area contributed by atoms with Crippen molar-refractivity contribution in [1.82, 2.24) is 0 Å². The minimum Gasteiger partial charge on any atom is -0.353 e. The molecule has 1 aliphatic heterocycles. The smallest absolute Gasteiger partial charge is 0.158 e. The molecular weight excluding hydrogens is 312 g/mol. The normalized spacial score (nSPS) is 31.9. The molecule has 1 saturated carbocycles. The number of Topliss-reactive ketones (excluding diaryl/α,β-unsaturated/α-hetero) is 1. The monoisotopic (exact) mass is 344 g/mol. The molecule has 0 bridgehead atoms. The van der Waals surface area contributed by atoms with Crippen molar-refractivity contribution < 1.29 is 14.3 Å². The van der Waals surface area contributed by atoms with Crippen LogP contribution in [-0.4, -0.2) is 18.7 Å². The maximum Gasteiger partial charge on any atom is 0.158 e. The molecule has 2 fully saturated rings. The summed E-state index contributed by atoms with van der Waals surface area (Å²) in [5.41, 5.74) is 1.10. The van der Waals surface area contributed by atoms with Gasteiger partial charge in [-0.3, -0.25) is 4.79 Å². The van der Waals surface area contributed by atoms with Crippen LogP contribution >= 0.6 is 0 Å². The minimum absolute atomic E-state index is 0.0749. The summed E-state index contributed by atoms with van der Waals surface area (Å²) in [6.07, 6.45) is 4.88. The molecule has 3 rings (SSSR count). The molecule has 0 spiro atoms. The van der Waals surface area contributed by atoms with Crippen LogP contribution in [0.25, 0.3) is 0 Å². The molecular formula is C22H32O3. The molecule has 0 N–H and O–H groups in total. The van der Waals surface area contributed by atoms with Gasteiger partial charge in [-0.15, -0.1) is 0 Å². The van der Waals surface area contributed by atoms with E-state index in [2.05, 4.69) is 32.9 Å². The summed E-state index contributed by atoms with van der Waals surface area (Å²) in [6, 6.07) is 10.3. The lowest BCUT2D eigenvalue weighted by molar-refractivity contribution is -0.207. The Hall–Kier alpha value is -1.19. The van der Waals surface area contributed by atoms with Gasteiger partial charge in [0.05, 0.1) is 12.0 Å². The second-order valence-electron chi connectivity index (χ2n) is 8.10. The number of carbonyl (C=O) groups is 1. The summed E-state index contributed by atoms with van der Waals surface area (Å²) in [4.78, 5) is 13.3. The molecule has 3 heteroatoms. The zero-order chi connectivity index (χ0) is 17.8. The fourth-order valence-corrected chi connectivity index (χ4v) is 4.40. The fraction of sp³-hybridized carbons (Fsp3) is 0.682. The van der Waals surface area contributed by atoms with E-state index < -0.39 is 0 Å². The second-order valence-corrected chi connectivity index (χ2v) is 8.10. The maximum atomic E-state index is 13.3. The molecule has 3 nitrogen and oxygen atoms in total. The van der Waals surface area contributed by atoms with Gasteiger partial charge in [-0.05, 0) is 49.5 Å². The highest BCUT2D eigenvalue weighted by Gasteiger charge is 2.43. The summed E-state index contributed by atoms with van der Waals surface area (Å²) in [5.74, 6) is 1.21. The largest absolute Gasteiger partial charge is 0.353 e. The Balaban J connectivity index is 1.87. The predicted octanol–water partition coefficient (Wildman–Crippen LogP) is 5.16. The van der Waals surface area contributed by atoms with Gasteiger partial charge in [0.15, 0.2) is 6.29 Å². The van der Waals surface area contributed by atoms with Crippen molar-refractivity contribution in [3.63, 3.8) is 0 Å². The number of ketones is 1. The lowest BCUT2D eigenvalue weighted by Gasteiger charge is -2.40.